The summed E-state index contributed by atoms with van der Waals surface area (Å²) >= 11 is 21.0. The first kappa shape index (κ1) is 23.3. The van der Waals surface area contributed by atoms with Gasteiger partial charge in [0.05, 0.1) is 10.0 Å². The largest absolute Gasteiger partial charge is 0.362 e. The molecule has 0 saturated heterocycles. The van der Waals surface area contributed by atoms with Gasteiger partial charge in [-0.15, -0.1) is 11.8 Å². The lowest BCUT2D eigenvalue weighted by molar-refractivity contribution is 0.990. The fraction of sp³-hybridized carbons (Fsp3) is 0.174. The van der Waals surface area contributed by atoms with E-state index in [0.29, 0.717) is 15.2 Å². The van der Waals surface area contributed by atoms with Gasteiger partial charge in [-0.3, -0.25) is 0 Å². The SMILES string of the molecule is S=C(NCCSCc1ccc(Cl)c(Cl)c1)Nc1ccc(CSc2ccccc2)cc1. The Balaban J connectivity index is 1.33. The summed E-state index contributed by atoms with van der Waals surface area (Å²) in [7, 11) is 0. The number of rotatable bonds is 9. The Morgan fingerprint density at radius 2 is 1.57 bits per heavy atom. The number of anilines is 1. The van der Waals surface area contributed by atoms with Crippen LogP contribution in [0.25, 0.3) is 0 Å². The fourth-order valence-electron chi connectivity index (χ4n) is 2.60. The quantitative estimate of drug-likeness (QED) is 0.183. The minimum atomic E-state index is 0.589. The van der Waals surface area contributed by atoms with E-state index in [0.717, 1.165) is 29.5 Å². The van der Waals surface area contributed by atoms with Crippen LogP contribution >= 0.6 is 58.9 Å². The van der Waals surface area contributed by atoms with Crippen LogP contribution in [0.2, 0.25) is 10.0 Å². The van der Waals surface area contributed by atoms with Crippen molar-refractivity contribution in [3.8, 4) is 0 Å². The number of thioether (sulfide) groups is 2. The van der Waals surface area contributed by atoms with Crippen molar-refractivity contribution >= 4 is 69.7 Å². The van der Waals surface area contributed by atoms with Crippen LogP contribution in [-0.4, -0.2) is 17.4 Å². The van der Waals surface area contributed by atoms with Gasteiger partial charge in [-0.05, 0) is 59.7 Å². The van der Waals surface area contributed by atoms with E-state index in [4.69, 9.17) is 35.4 Å². The molecule has 156 valence electrons. The first-order valence-corrected chi connectivity index (χ1v) is 12.7. The van der Waals surface area contributed by atoms with Crippen LogP contribution in [0.1, 0.15) is 11.1 Å². The molecule has 3 aromatic carbocycles. The van der Waals surface area contributed by atoms with Crippen LogP contribution in [0.3, 0.4) is 0 Å². The molecule has 2 N–H and O–H groups in total. The highest BCUT2D eigenvalue weighted by molar-refractivity contribution is 7.98. The van der Waals surface area contributed by atoms with E-state index >= 15 is 0 Å². The monoisotopic (exact) mass is 492 g/mol. The highest BCUT2D eigenvalue weighted by Crippen LogP contribution is 2.25. The maximum atomic E-state index is 6.05. The summed E-state index contributed by atoms with van der Waals surface area (Å²) in [5, 5.41) is 8.31. The van der Waals surface area contributed by atoms with E-state index in [9.17, 15) is 0 Å². The molecule has 0 aliphatic carbocycles. The third-order valence-corrected chi connectivity index (χ3v) is 7.24. The van der Waals surface area contributed by atoms with Gasteiger partial charge in [-0.25, -0.2) is 0 Å². The van der Waals surface area contributed by atoms with Crippen molar-refractivity contribution in [3.05, 3.63) is 94.0 Å². The predicted octanol–water partition coefficient (Wildman–Crippen LogP) is 7.51. The standard InChI is InChI=1S/C23H22Cl2N2S3/c24-21-11-8-18(14-22(21)25)15-29-13-12-26-23(28)27-19-9-6-17(7-10-19)16-30-20-4-2-1-3-5-20/h1-11,14H,12-13,15-16H2,(H2,26,27,28). The lowest BCUT2D eigenvalue weighted by Crippen LogP contribution is -2.30. The Morgan fingerprint density at radius 1 is 0.833 bits per heavy atom. The van der Waals surface area contributed by atoms with Crippen LogP contribution in [0.15, 0.2) is 77.7 Å². The molecule has 0 aliphatic rings. The van der Waals surface area contributed by atoms with E-state index in [1.165, 1.54) is 16.0 Å². The van der Waals surface area contributed by atoms with Crippen molar-refractivity contribution in [2.24, 2.45) is 0 Å². The van der Waals surface area contributed by atoms with E-state index in [2.05, 4.69) is 59.2 Å². The van der Waals surface area contributed by atoms with Crippen molar-refractivity contribution in [2.45, 2.75) is 16.4 Å². The second-order valence-corrected chi connectivity index (χ2v) is 9.86. The van der Waals surface area contributed by atoms with E-state index in [1.807, 2.05) is 47.8 Å². The molecule has 0 saturated carbocycles. The average Bonchev–Trinajstić information content (AvgIpc) is 2.76. The zero-order valence-corrected chi connectivity index (χ0v) is 20.2. The van der Waals surface area contributed by atoms with Gasteiger partial charge in [-0.2, -0.15) is 11.8 Å². The van der Waals surface area contributed by atoms with Gasteiger partial charge in [0.15, 0.2) is 5.11 Å². The summed E-state index contributed by atoms with van der Waals surface area (Å²) in [6, 6.07) is 24.6. The van der Waals surface area contributed by atoms with Crippen molar-refractivity contribution < 1.29 is 0 Å². The van der Waals surface area contributed by atoms with Gasteiger partial charge in [0.1, 0.15) is 0 Å². The Kier molecular flexibility index (Phi) is 9.69. The molecule has 0 atom stereocenters. The number of nitrogens with one attached hydrogen (secondary N) is 2. The van der Waals surface area contributed by atoms with Crippen molar-refractivity contribution in [2.75, 3.05) is 17.6 Å². The molecule has 0 aliphatic heterocycles. The van der Waals surface area contributed by atoms with Gasteiger partial charge < -0.3 is 10.6 Å². The lowest BCUT2D eigenvalue weighted by atomic mass is 10.2. The van der Waals surface area contributed by atoms with E-state index in [1.54, 1.807) is 0 Å². The number of thiocarbonyl (C=S) groups is 1. The number of halogens is 2. The minimum absolute atomic E-state index is 0.589. The fourth-order valence-corrected chi connectivity index (χ4v) is 4.82. The minimum Gasteiger partial charge on any atom is -0.362 e. The smallest absolute Gasteiger partial charge is 0.170 e. The summed E-state index contributed by atoms with van der Waals surface area (Å²) in [6.45, 7) is 0.795. The topological polar surface area (TPSA) is 24.1 Å². The first-order chi connectivity index (χ1) is 14.6. The van der Waals surface area contributed by atoms with Crippen molar-refractivity contribution in [3.63, 3.8) is 0 Å². The molecule has 0 fully saturated rings. The molecule has 3 rings (SSSR count). The number of benzene rings is 3. The molecule has 0 spiro atoms. The molecule has 0 bridgehead atoms. The lowest BCUT2D eigenvalue weighted by Gasteiger charge is -2.11. The molecule has 7 heteroatoms. The molecule has 0 aromatic heterocycles. The van der Waals surface area contributed by atoms with Gasteiger partial charge in [0.2, 0.25) is 0 Å². The second-order valence-electron chi connectivity index (χ2n) is 6.48. The van der Waals surface area contributed by atoms with Crippen LogP contribution in [0.4, 0.5) is 5.69 Å². The van der Waals surface area contributed by atoms with Crippen LogP contribution < -0.4 is 10.6 Å². The number of hydrogen-bond donors (Lipinski definition) is 2. The molecular formula is C23H22Cl2N2S3. The van der Waals surface area contributed by atoms with Crippen LogP contribution in [-0.2, 0) is 11.5 Å². The van der Waals surface area contributed by atoms with Gasteiger partial charge in [0, 0.05) is 34.4 Å². The van der Waals surface area contributed by atoms with Crippen LogP contribution in [0.5, 0.6) is 0 Å². The maximum absolute atomic E-state index is 6.05. The normalized spacial score (nSPS) is 10.6. The zero-order valence-electron chi connectivity index (χ0n) is 16.2. The first-order valence-electron chi connectivity index (χ1n) is 9.43. The third kappa shape index (κ3) is 8.05. The molecule has 0 heterocycles. The average molecular weight is 494 g/mol. The summed E-state index contributed by atoms with van der Waals surface area (Å²) in [5.41, 5.74) is 3.44. The zero-order chi connectivity index (χ0) is 21.2. The number of hydrogen-bond acceptors (Lipinski definition) is 3. The molecule has 2 nitrogen and oxygen atoms in total. The van der Waals surface area contributed by atoms with E-state index in [-0.39, 0.29) is 0 Å². The molecule has 30 heavy (non-hydrogen) atoms. The molecule has 3 aromatic rings. The van der Waals surface area contributed by atoms with Crippen molar-refractivity contribution in [1.29, 1.82) is 0 Å². The van der Waals surface area contributed by atoms with Gasteiger partial charge in [0.25, 0.3) is 0 Å². The van der Waals surface area contributed by atoms with Crippen LogP contribution in [0, 0.1) is 0 Å². The van der Waals surface area contributed by atoms with Crippen molar-refractivity contribution in [1.82, 2.24) is 5.32 Å². The highest BCUT2D eigenvalue weighted by Gasteiger charge is 2.02. The summed E-state index contributed by atoms with van der Waals surface area (Å²) in [5.74, 6) is 2.78. The highest BCUT2D eigenvalue weighted by atomic mass is 35.5. The van der Waals surface area contributed by atoms with Gasteiger partial charge in [-0.1, -0.05) is 59.6 Å². The third-order valence-electron chi connectivity index (χ3n) is 4.15. The Hall–Kier alpha value is -1.37. The molecule has 0 amide bonds. The molecule has 0 radical (unpaired) electrons. The molecule has 0 unspecified atom stereocenters. The Morgan fingerprint density at radius 3 is 2.30 bits per heavy atom. The summed E-state index contributed by atoms with van der Waals surface area (Å²) < 4.78 is 0. The molecular weight excluding hydrogens is 471 g/mol. The predicted molar refractivity (Wildman–Crippen MR) is 139 cm³/mol. The Labute approximate surface area is 202 Å². The maximum Gasteiger partial charge on any atom is 0.170 e. The van der Waals surface area contributed by atoms with Gasteiger partial charge >= 0.3 is 0 Å². The summed E-state index contributed by atoms with van der Waals surface area (Å²) in [6.07, 6.45) is 0. The Bertz CT molecular complexity index is 950. The summed E-state index contributed by atoms with van der Waals surface area (Å²) in [4.78, 5) is 1.28. The second kappa shape index (κ2) is 12.5. The van der Waals surface area contributed by atoms with E-state index < -0.39 is 0 Å².